The van der Waals surface area contributed by atoms with E-state index in [2.05, 4.69) is 10.2 Å². The lowest BCUT2D eigenvalue weighted by atomic mass is 9.96. The third-order valence-corrected chi connectivity index (χ3v) is 5.08. The zero-order valence-electron chi connectivity index (χ0n) is 11.0. The average Bonchev–Trinajstić information content (AvgIpc) is 2.85. The van der Waals surface area contributed by atoms with Crippen LogP contribution in [0.2, 0.25) is 0 Å². The Morgan fingerprint density at radius 2 is 2.00 bits per heavy atom. The van der Waals surface area contributed by atoms with Gasteiger partial charge in [0.05, 0.1) is 6.10 Å². The average molecular weight is 283 g/mol. The van der Waals surface area contributed by atoms with Gasteiger partial charge in [0.1, 0.15) is 5.50 Å². The summed E-state index contributed by atoms with van der Waals surface area (Å²) < 4.78 is 0. The van der Waals surface area contributed by atoms with Gasteiger partial charge in [-0.25, -0.2) is 4.79 Å². The molecule has 1 unspecified atom stereocenters. The number of rotatable bonds is 2. The Morgan fingerprint density at radius 1 is 1.26 bits per heavy atom. The van der Waals surface area contributed by atoms with Gasteiger partial charge in [-0.2, -0.15) is 0 Å². The van der Waals surface area contributed by atoms with Crippen LogP contribution in [0.25, 0.3) is 0 Å². The first kappa shape index (κ1) is 13.3. The number of nitrogens with one attached hydrogen (secondary N) is 1. The molecule has 0 radical (unpaired) electrons. The lowest BCUT2D eigenvalue weighted by Crippen LogP contribution is -2.59. The summed E-state index contributed by atoms with van der Waals surface area (Å²) in [5, 5.41) is 14.5. The fourth-order valence-corrected chi connectivity index (χ4v) is 3.89. The molecule has 1 saturated carbocycles. The van der Waals surface area contributed by atoms with E-state index in [-0.39, 0.29) is 17.6 Å². The summed E-state index contributed by atoms with van der Waals surface area (Å²) in [6.07, 6.45) is 7.55. The van der Waals surface area contributed by atoms with Crippen LogP contribution >= 0.6 is 11.8 Å². The minimum Gasteiger partial charge on any atom is -0.390 e. The molecule has 0 aromatic carbocycles. The smallest absolute Gasteiger partial charge is 0.323 e. The van der Waals surface area contributed by atoms with Crippen molar-refractivity contribution in [3.05, 3.63) is 11.6 Å². The maximum absolute atomic E-state index is 12.3. The third-order valence-electron chi connectivity index (χ3n) is 4.03. The van der Waals surface area contributed by atoms with E-state index in [1.807, 2.05) is 11.6 Å². The summed E-state index contributed by atoms with van der Waals surface area (Å²) in [5.41, 5.74) is 0.0204. The zero-order valence-corrected chi connectivity index (χ0v) is 11.8. The van der Waals surface area contributed by atoms with Crippen LogP contribution in [0.5, 0.6) is 0 Å². The zero-order chi connectivity index (χ0) is 13.2. The molecule has 2 heterocycles. The summed E-state index contributed by atoms with van der Waals surface area (Å²) in [6, 6.07) is 0.336. The van der Waals surface area contributed by atoms with E-state index in [0.717, 1.165) is 12.8 Å². The van der Waals surface area contributed by atoms with Gasteiger partial charge in [0.25, 0.3) is 0 Å². The van der Waals surface area contributed by atoms with Gasteiger partial charge in [-0.05, 0) is 18.2 Å². The second-order valence-corrected chi connectivity index (χ2v) is 6.51. The predicted octanol–water partition coefficient (Wildman–Crippen LogP) is 1.51. The molecule has 0 aromatic heterocycles. The number of urea groups is 1. The van der Waals surface area contributed by atoms with Crippen molar-refractivity contribution in [2.45, 2.75) is 49.7 Å². The first-order valence-corrected chi connectivity index (χ1v) is 8.01. The molecule has 2 N–H and O–H groups in total. The van der Waals surface area contributed by atoms with Crippen molar-refractivity contribution >= 4 is 17.8 Å². The summed E-state index contributed by atoms with van der Waals surface area (Å²) in [7, 11) is 0. The van der Waals surface area contributed by atoms with E-state index in [4.69, 9.17) is 0 Å². The normalized spacial score (nSPS) is 29.5. The van der Waals surface area contributed by atoms with E-state index in [1.54, 1.807) is 16.7 Å². The van der Waals surface area contributed by atoms with Crippen LogP contribution < -0.4 is 5.32 Å². The molecule has 1 aliphatic carbocycles. The Labute approximate surface area is 118 Å². The Bertz CT molecular complexity index is 365. The number of aliphatic hydroxyl groups excluding tert-OH is 1. The lowest BCUT2D eigenvalue weighted by Gasteiger charge is -2.42. The summed E-state index contributed by atoms with van der Waals surface area (Å²) in [4.78, 5) is 16.2. The number of aliphatic hydroxyl groups is 1. The number of nitrogens with zero attached hydrogens (tertiary/aromatic N) is 2. The molecule has 2 fully saturated rings. The second-order valence-electron chi connectivity index (χ2n) is 5.55. The molecule has 3 aliphatic rings. The van der Waals surface area contributed by atoms with E-state index < -0.39 is 0 Å². The van der Waals surface area contributed by atoms with E-state index in [0.29, 0.717) is 19.1 Å². The molecular weight excluding hydrogens is 262 g/mol. The minimum absolute atomic E-state index is 0.000426. The highest BCUT2D eigenvalue weighted by Gasteiger charge is 2.38. The highest BCUT2D eigenvalue weighted by atomic mass is 32.2. The van der Waals surface area contributed by atoms with Crippen LogP contribution in [0.3, 0.4) is 0 Å². The quantitative estimate of drug-likeness (QED) is 0.806. The van der Waals surface area contributed by atoms with Crippen molar-refractivity contribution in [2.24, 2.45) is 0 Å². The molecule has 1 atom stereocenters. The molecule has 2 aliphatic heterocycles. The summed E-state index contributed by atoms with van der Waals surface area (Å²) in [6.45, 7) is 1.32. The van der Waals surface area contributed by atoms with Gasteiger partial charge >= 0.3 is 6.03 Å². The number of thioether (sulfide) groups is 1. The topological polar surface area (TPSA) is 55.8 Å². The minimum atomic E-state index is -0.232. The van der Waals surface area contributed by atoms with Gasteiger partial charge in [0.2, 0.25) is 0 Å². The fourth-order valence-electron chi connectivity index (χ4n) is 2.90. The first-order valence-electron chi connectivity index (χ1n) is 7.07. The Morgan fingerprint density at radius 3 is 2.68 bits per heavy atom. The van der Waals surface area contributed by atoms with Crippen LogP contribution in [-0.4, -0.2) is 51.7 Å². The number of hydrogen-bond donors (Lipinski definition) is 2. The molecule has 2 amide bonds. The number of likely N-dealkylation sites (tertiary alicyclic amines) is 1. The first-order chi connectivity index (χ1) is 9.24. The Kier molecular flexibility index (Phi) is 4.00. The van der Waals surface area contributed by atoms with Gasteiger partial charge < -0.3 is 10.4 Å². The largest absolute Gasteiger partial charge is 0.390 e. The van der Waals surface area contributed by atoms with Crippen molar-refractivity contribution in [3.63, 3.8) is 0 Å². The highest BCUT2D eigenvalue weighted by molar-refractivity contribution is 8.02. The molecule has 19 heavy (non-hydrogen) atoms. The van der Waals surface area contributed by atoms with Crippen LogP contribution in [0.15, 0.2) is 11.6 Å². The number of carbonyl (C=O) groups excluding carboxylic acids is 1. The standard InChI is InChI=1S/C13H21N3O2S/c17-11-8-15(9-11)13-16(6-7-19-13)12(18)14-10-4-2-1-3-5-10/h6-7,10-11,13,17H,1-5,8-9H2,(H,14,18). The lowest BCUT2D eigenvalue weighted by molar-refractivity contribution is -0.0250. The number of hydrogen-bond acceptors (Lipinski definition) is 4. The SMILES string of the molecule is O=C(NC1CCCCC1)N1C=CSC1N1CC(O)C1. The maximum atomic E-state index is 12.3. The van der Waals surface area contributed by atoms with Crippen LogP contribution in [-0.2, 0) is 0 Å². The van der Waals surface area contributed by atoms with E-state index in [9.17, 15) is 9.90 Å². The Hall–Kier alpha value is -0.720. The second kappa shape index (κ2) is 5.73. The molecule has 0 aromatic rings. The van der Waals surface area contributed by atoms with Crippen molar-refractivity contribution in [3.8, 4) is 0 Å². The predicted molar refractivity (Wildman–Crippen MR) is 75.3 cm³/mol. The van der Waals surface area contributed by atoms with Crippen LogP contribution in [0.1, 0.15) is 32.1 Å². The number of carbonyl (C=O) groups is 1. The molecule has 5 nitrogen and oxygen atoms in total. The van der Waals surface area contributed by atoms with Gasteiger partial charge in [-0.15, -0.1) is 0 Å². The molecular formula is C13H21N3O2S. The van der Waals surface area contributed by atoms with Crippen molar-refractivity contribution in [1.82, 2.24) is 15.1 Å². The monoisotopic (exact) mass is 283 g/mol. The molecule has 1 saturated heterocycles. The van der Waals surface area contributed by atoms with Gasteiger partial charge in [-0.1, -0.05) is 31.0 Å². The van der Waals surface area contributed by atoms with Crippen molar-refractivity contribution in [2.75, 3.05) is 13.1 Å². The summed E-state index contributed by atoms with van der Waals surface area (Å²) >= 11 is 1.63. The number of β-amino-alcohol motifs (C(OH)–C–C–N with tert-alkyl or cyclic N) is 1. The fraction of sp³-hybridized carbons (Fsp3) is 0.769. The van der Waals surface area contributed by atoms with Gasteiger partial charge in [0, 0.05) is 25.3 Å². The van der Waals surface area contributed by atoms with Crippen LogP contribution in [0.4, 0.5) is 4.79 Å². The molecule has 106 valence electrons. The third kappa shape index (κ3) is 2.90. The molecule has 3 rings (SSSR count). The molecule has 0 bridgehead atoms. The molecule has 6 heteroatoms. The summed E-state index contributed by atoms with van der Waals surface area (Å²) in [5.74, 6) is 0. The van der Waals surface area contributed by atoms with Crippen molar-refractivity contribution in [1.29, 1.82) is 0 Å². The highest BCUT2D eigenvalue weighted by Crippen LogP contribution is 2.31. The Balaban J connectivity index is 1.54. The van der Waals surface area contributed by atoms with Gasteiger partial charge in [0.15, 0.2) is 0 Å². The molecule has 0 spiro atoms. The van der Waals surface area contributed by atoms with E-state index in [1.165, 1.54) is 19.3 Å². The van der Waals surface area contributed by atoms with E-state index >= 15 is 0 Å². The maximum Gasteiger partial charge on any atom is 0.323 e. The number of amides is 2. The van der Waals surface area contributed by atoms with Crippen LogP contribution in [0, 0.1) is 0 Å². The van der Waals surface area contributed by atoms with Gasteiger partial charge in [-0.3, -0.25) is 9.80 Å². The van der Waals surface area contributed by atoms with Crippen molar-refractivity contribution < 1.29 is 9.90 Å².